The van der Waals surface area contributed by atoms with E-state index in [1.807, 2.05) is 60.7 Å². The molecule has 1 aromatic heterocycles. The first-order valence-corrected chi connectivity index (χ1v) is 7.68. The Morgan fingerprint density at radius 3 is 2.58 bits per heavy atom. The fourth-order valence-corrected chi connectivity index (χ4v) is 2.45. The van der Waals surface area contributed by atoms with Crippen LogP contribution in [0.1, 0.15) is 15.9 Å². The van der Waals surface area contributed by atoms with Gasteiger partial charge in [-0.2, -0.15) is 0 Å². The molecule has 3 aromatic rings. The molecule has 1 N–H and O–H groups in total. The maximum Gasteiger partial charge on any atom is 0.251 e. The number of benzene rings is 2. The monoisotopic (exact) mass is 318 g/mol. The number of amides is 1. The fraction of sp³-hybridized carbons (Fsp3) is 0.100. The SMILES string of the molecule is COc1cccc(CNC(=O)c2cccc(-c3ccncc3)c2)c1. The highest BCUT2D eigenvalue weighted by atomic mass is 16.5. The molecule has 0 saturated carbocycles. The summed E-state index contributed by atoms with van der Waals surface area (Å²) in [4.78, 5) is 16.4. The number of hydrogen-bond donors (Lipinski definition) is 1. The molecule has 0 aliphatic rings. The van der Waals surface area contributed by atoms with Crippen molar-refractivity contribution in [1.29, 1.82) is 0 Å². The standard InChI is InChI=1S/C20H18N2O2/c1-24-19-7-2-4-15(12-19)14-22-20(23)18-6-3-5-17(13-18)16-8-10-21-11-9-16/h2-13H,14H2,1H3,(H,22,23). The van der Waals surface area contributed by atoms with Crippen LogP contribution in [0.25, 0.3) is 11.1 Å². The van der Waals surface area contributed by atoms with Gasteiger partial charge in [0, 0.05) is 24.5 Å². The first kappa shape index (κ1) is 15.7. The molecule has 4 nitrogen and oxygen atoms in total. The average Bonchev–Trinajstić information content (AvgIpc) is 2.67. The first-order chi connectivity index (χ1) is 11.8. The van der Waals surface area contributed by atoms with Gasteiger partial charge in [-0.1, -0.05) is 24.3 Å². The van der Waals surface area contributed by atoms with Crippen molar-refractivity contribution in [3.63, 3.8) is 0 Å². The van der Waals surface area contributed by atoms with Gasteiger partial charge in [0.1, 0.15) is 5.75 Å². The number of nitrogens with one attached hydrogen (secondary N) is 1. The third kappa shape index (κ3) is 3.79. The topological polar surface area (TPSA) is 51.2 Å². The van der Waals surface area contributed by atoms with Gasteiger partial charge in [0.2, 0.25) is 0 Å². The van der Waals surface area contributed by atoms with Gasteiger partial charge in [0.15, 0.2) is 0 Å². The van der Waals surface area contributed by atoms with Crippen molar-refractivity contribution in [3.05, 3.63) is 84.2 Å². The maximum absolute atomic E-state index is 12.4. The number of nitrogens with zero attached hydrogens (tertiary/aromatic N) is 1. The molecular weight excluding hydrogens is 300 g/mol. The predicted molar refractivity (Wildman–Crippen MR) is 93.8 cm³/mol. The zero-order valence-corrected chi connectivity index (χ0v) is 13.4. The second-order valence-electron chi connectivity index (χ2n) is 5.35. The van der Waals surface area contributed by atoms with Crippen molar-refractivity contribution in [2.75, 3.05) is 7.11 Å². The average molecular weight is 318 g/mol. The quantitative estimate of drug-likeness (QED) is 0.780. The molecule has 0 spiro atoms. The smallest absolute Gasteiger partial charge is 0.251 e. The number of carbonyl (C=O) groups is 1. The van der Waals surface area contributed by atoms with Gasteiger partial charge in [-0.05, 0) is 53.1 Å². The lowest BCUT2D eigenvalue weighted by Crippen LogP contribution is -2.22. The largest absolute Gasteiger partial charge is 0.497 e. The summed E-state index contributed by atoms with van der Waals surface area (Å²) in [5, 5.41) is 2.94. The Morgan fingerprint density at radius 1 is 1.00 bits per heavy atom. The Labute approximate surface area is 141 Å². The second-order valence-corrected chi connectivity index (χ2v) is 5.35. The van der Waals surface area contributed by atoms with Crippen LogP contribution in [-0.2, 0) is 6.54 Å². The van der Waals surface area contributed by atoms with Crippen molar-refractivity contribution in [3.8, 4) is 16.9 Å². The summed E-state index contributed by atoms with van der Waals surface area (Å²) in [7, 11) is 1.63. The second kappa shape index (κ2) is 7.42. The Morgan fingerprint density at radius 2 is 1.79 bits per heavy atom. The van der Waals surface area contributed by atoms with Gasteiger partial charge in [0.25, 0.3) is 5.91 Å². The minimum Gasteiger partial charge on any atom is -0.497 e. The number of pyridine rings is 1. The Bertz CT molecular complexity index is 832. The number of hydrogen-bond acceptors (Lipinski definition) is 3. The molecule has 120 valence electrons. The maximum atomic E-state index is 12.4. The molecule has 0 aliphatic heterocycles. The highest BCUT2D eigenvalue weighted by Gasteiger charge is 2.07. The summed E-state index contributed by atoms with van der Waals surface area (Å²) in [6, 6.07) is 19.1. The van der Waals surface area contributed by atoms with Gasteiger partial charge in [-0.25, -0.2) is 0 Å². The zero-order chi connectivity index (χ0) is 16.8. The molecular formula is C20H18N2O2. The van der Waals surface area contributed by atoms with Crippen molar-refractivity contribution in [2.24, 2.45) is 0 Å². The van der Waals surface area contributed by atoms with Gasteiger partial charge in [-0.15, -0.1) is 0 Å². The lowest BCUT2D eigenvalue weighted by Gasteiger charge is -2.08. The molecule has 2 aromatic carbocycles. The van der Waals surface area contributed by atoms with Crippen LogP contribution in [0.4, 0.5) is 0 Å². The molecule has 0 atom stereocenters. The van der Waals surface area contributed by atoms with E-state index in [9.17, 15) is 4.79 Å². The number of rotatable bonds is 5. The summed E-state index contributed by atoms with van der Waals surface area (Å²) >= 11 is 0. The Balaban J connectivity index is 1.71. The highest BCUT2D eigenvalue weighted by molar-refractivity contribution is 5.95. The van der Waals surface area contributed by atoms with E-state index in [1.54, 1.807) is 19.5 Å². The lowest BCUT2D eigenvalue weighted by molar-refractivity contribution is 0.0951. The number of aromatic nitrogens is 1. The van der Waals surface area contributed by atoms with Crippen LogP contribution in [0.15, 0.2) is 73.1 Å². The predicted octanol–water partition coefficient (Wildman–Crippen LogP) is 3.69. The van der Waals surface area contributed by atoms with E-state index in [0.717, 1.165) is 22.4 Å². The third-order valence-corrected chi connectivity index (χ3v) is 3.73. The molecule has 0 unspecified atom stereocenters. The summed E-state index contributed by atoms with van der Waals surface area (Å²) in [6.45, 7) is 0.454. The van der Waals surface area contributed by atoms with E-state index in [-0.39, 0.29) is 5.91 Å². The molecule has 0 saturated heterocycles. The van der Waals surface area contributed by atoms with Crippen LogP contribution < -0.4 is 10.1 Å². The van der Waals surface area contributed by atoms with Crippen LogP contribution in [0, 0.1) is 0 Å². The molecule has 4 heteroatoms. The number of carbonyl (C=O) groups excluding carboxylic acids is 1. The molecule has 1 heterocycles. The van der Waals surface area contributed by atoms with Crippen molar-refractivity contribution >= 4 is 5.91 Å². The van der Waals surface area contributed by atoms with Crippen LogP contribution in [0.3, 0.4) is 0 Å². The fourth-order valence-electron chi connectivity index (χ4n) is 2.45. The van der Waals surface area contributed by atoms with Crippen molar-refractivity contribution < 1.29 is 9.53 Å². The van der Waals surface area contributed by atoms with Crippen molar-refractivity contribution in [2.45, 2.75) is 6.54 Å². The van der Waals surface area contributed by atoms with Crippen LogP contribution >= 0.6 is 0 Å². The van der Waals surface area contributed by atoms with Crippen LogP contribution in [0.5, 0.6) is 5.75 Å². The van der Waals surface area contributed by atoms with E-state index in [4.69, 9.17) is 4.74 Å². The van der Waals surface area contributed by atoms with Gasteiger partial charge >= 0.3 is 0 Å². The molecule has 0 radical (unpaired) electrons. The minimum atomic E-state index is -0.103. The Hall–Kier alpha value is -3.14. The van der Waals surface area contributed by atoms with E-state index in [2.05, 4.69) is 10.3 Å². The van der Waals surface area contributed by atoms with Crippen molar-refractivity contribution in [1.82, 2.24) is 10.3 Å². The lowest BCUT2D eigenvalue weighted by atomic mass is 10.0. The third-order valence-electron chi connectivity index (χ3n) is 3.73. The summed E-state index contributed by atoms with van der Waals surface area (Å²) in [5.41, 5.74) is 3.65. The molecule has 0 fully saturated rings. The molecule has 24 heavy (non-hydrogen) atoms. The first-order valence-electron chi connectivity index (χ1n) is 7.68. The van der Waals surface area contributed by atoms with Crippen LogP contribution in [-0.4, -0.2) is 18.0 Å². The molecule has 0 bridgehead atoms. The molecule has 3 rings (SSSR count). The van der Waals surface area contributed by atoms with Gasteiger partial charge < -0.3 is 10.1 Å². The van der Waals surface area contributed by atoms with E-state index < -0.39 is 0 Å². The highest BCUT2D eigenvalue weighted by Crippen LogP contribution is 2.19. The zero-order valence-electron chi connectivity index (χ0n) is 13.4. The van der Waals surface area contributed by atoms with E-state index in [0.29, 0.717) is 12.1 Å². The number of ether oxygens (including phenoxy) is 1. The van der Waals surface area contributed by atoms with Crippen LogP contribution in [0.2, 0.25) is 0 Å². The number of methoxy groups -OCH3 is 1. The van der Waals surface area contributed by atoms with E-state index >= 15 is 0 Å². The Kier molecular flexibility index (Phi) is 4.87. The molecule has 0 aliphatic carbocycles. The summed E-state index contributed by atoms with van der Waals surface area (Å²) in [5.74, 6) is 0.676. The molecule has 1 amide bonds. The minimum absolute atomic E-state index is 0.103. The normalized spacial score (nSPS) is 10.2. The van der Waals surface area contributed by atoms with Gasteiger partial charge in [0.05, 0.1) is 7.11 Å². The van der Waals surface area contributed by atoms with E-state index in [1.165, 1.54) is 0 Å². The summed E-state index contributed by atoms with van der Waals surface area (Å²) in [6.07, 6.45) is 3.48. The summed E-state index contributed by atoms with van der Waals surface area (Å²) < 4.78 is 5.19. The van der Waals surface area contributed by atoms with Gasteiger partial charge in [-0.3, -0.25) is 9.78 Å².